The first-order valence-corrected chi connectivity index (χ1v) is 8.67. The number of fused-ring (bicyclic) bond motifs is 1. The van der Waals surface area contributed by atoms with Crippen molar-refractivity contribution in [1.82, 2.24) is 15.0 Å². The fourth-order valence-corrected chi connectivity index (χ4v) is 3.11. The summed E-state index contributed by atoms with van der Waals surface area (Å²) in [4.78, 5) is 6.76. The van der Waals surface area contributed by atoms with Crippen molar-refractivity contribution in [1.29, 1.82) is 0 Å². The number of rotatable bonds is 6. The summed E-state index contributed by atoms with van der Waals surface area (Å²) in [5, 5.41) is 4.01. The lowest BCUT2D eigenvalue weighted by atomic mass is 10.00. The quantitative estimate of drug-likeness (QED) is 0.680. The minimum Gasteiger partial charge on any atom is -0.497 e. The van der Waals surface area contributed by atoms with Gasteiger partial charge in [-0.25, -0.2) is 0 Å². The van der Waals surface area contributed by atoms with Crippen LogP contribution in [0.4, 0.5) is 0 Å². The number of nitrogens with zero attached hydrogens (tertiary/aromatic N) is 3. The van der Waals surface area contributed by atoms with Gasteiger partial charge in [0, 0.05) is 13.1 Å². The summed E-state index contributed by atoms with van der Waals surface area (Å²) in [6.07, 6.45) is 1.05. The van der Waals surface area contributed by atoms with E-state index in [2.05, 4.69) is 39.3 Å². The van der Waals surface area contributed by atoms with Crippen molar-refractivity contribution in [3.8, 4) is 11.5 Å². The maximum atomic E-state index is 5.69. The van der Waals surface area contributed by atoms with Crippen molar-refractivity contribution in [3.63, 3.8) is 0 Å². The second-order valence-corrected chi connectivity index (χ2v) is 6.30. The number of benzene rings is 2. The fourth-order valence-electron chi connectivity index (χ4n) is 3.11. The molecule has 6 nitrogen and oxygen atoms in total. The SMILES string of the molecule is COc1ccc(OCc2noc(CN3CCc4ccccc4C3)n2)cc1. The number of aromatic nitrogens is 2. The zero-order valence-electron chi connectivity index (χ0n) is 14.7. The number of ether oxygens (including phenoxy) is 2. The van der Waals surface area contributed by atoms with Gasteiger partial charge in [-0.3, -0.25) is 4.90 Å². The van der Waals surface area contributed by atoms with E-state index in [0.717, 1.165) is 31.0 Å². The van der Waals surface area contributed by atoms with Gasteiger partial charge in [0.05, 0.1) is 13.7 Å². The Hall–Kier alpha value is -2.86. The van der Waals surface area contributed by atoms with Crippen LogP contribution in [0.5, 0.6) is 11.5 Å². The lowest BCUT2D eigenvalue weighted by molar-refractivity contribution is 0.210. The monoisotopic (exact) mass is 351 g/mol. The maximum absolute atomic E-state index is 5.69. The minimum absolute atomic E-state index is 0.276. The van der Waals surface area contributed by atoms with Crippen LogP contribution < -0.4 is 9.47 Å². The van der Waals surface area contributed by atoms with Crippen molar-refractivity contribution in [3.05, 3.63) is 71.4 Å². The summed E-state index contributed by atoms with van der Waals surface area (Å²) < 4.78 is 16.2. The second kappa shape index (κ2) is 7.58. The van der Waals surface area contributed by atoms with Crippen molar-refractivity contribution in [2.45, 2.75) is 26.1 Å². The van der Waals surface area contributed by atoms with Crippen LogP contribution in [0.2, 0.25) is 0 Å². The summed E-state index contributed by atoms with van der Waals surface area (Å²) >= 11 is 0. The zero-order chi connectivity index (χ0) is 17.8. The van der Waals surface area contributed by atoms with Gasteiger partial charge >= 0.3 is 0 Å². The molecule has 2 heterocycles. The van der Waals surface area contributed by atoms with E-state index >= 15 is 0 Å². The average Bonchev–Trinajstić information content (AvgIpc) is 3.14. The Balaban J connectivity index is 1.32. The molecule has 0 spiro atoms. The molecule has 0 fully saturated rings. The van der Waals surface area contributed by atoms with E-state index in [9.17, 15) is 0 Å². The van der Waals surface area contributed by atoms with Gasteiger partial charge in [0.2, 0.25) is 11.7 Å². The Morgan fingerprint density at radius 1 is 1.04 bits per heavy atom. The predicted octanol–water partition coefficient (Wildman–Crippen LogP) is 3.22. The van der Waals surface area contributed by atoms with E-state index < -0.39 is 0 Å². The molecule has 3 aromatic rings. The Morgan fingerprint density at radius 3 is 2.62 bits per heavy atom. The van der Waals surface area contributed by atoms with Crippen LogP contribution in [0.25, 0.3) is 0 Å². The van der Waals surface area contributed by atoms with Gasteiger partial charge in [0.15, 0.2) is 6.61 Å². The average molecular weight is 351 g/mol. The van der Waals surface area contributed by atoms with Crippen LogP contribution >= 0.6 is 0 Å². The molecule has 134 valence electrons. The minimum atomic E-state index is 0.276. The van der Waals surface area contributed by atoms with E-state index in [4.69, 9.17) is 14.0 Å². The highest BCUT2D eigenvalue weighted by atomic mass is 16.5. The van der Waals surface area contributed by atoms with Crippen LogP contribution in [0.15, 0.2) is 53.1 Å². The van der Waals surface area contributed by atoms with Gasteiger partial charge in [-0.05, 0) is 41.8 Å². The molecule has 0 saturated carbocycles. The molecule has 6 heteroatoms. The van der Waals surface area contributed by atoms with Crippen LogP contribution in [-0.4, -0.2) is 28.7 Å². The van der Waals surface area contributed by atoms with Gasteiger partial charge in [-0.15, -0.1) is 0 Å². The van der Waals surface area contributed by atoms with Gasteiger partial charge < -0.3 is 14.0 Å². The summed E-state index contributed by atoms with van der Waals surface area (Å²) in [7, 11) is 1.64. The van der Waals surface area contributed by atoms with Crippen LogP contribution in [0.3, 0.4) is 0 Å². The highest BCUT2D eigenvalue weighted by Gasteiger charge is 2.18. The van der Waals surface area contributed by atoms with Crippen molar-refractivity contribution >= 4 is 0 Å². The molecule has 0 unspecified atom stereocenters. The second-order valence-electron chi connectivity index (χ2n) is 6.30. The van der Waals surface area contributed by atoms with Crippen molar-refractivity contribution < 1.29 is 14.0 Å². The zero-order valence-corrected chi connectivity index (χ0v) is 14.7. The highest BCUT2D eigenvalue weighted by Crippen LogP contribution is 2.20. The van der Waals surface area contributed by atoms with Gasteiger partial charge in [-0.2, -0.15) is 4.98 Å². The molecule has 4 rings (SSSR count). The molecule has 0 aliphatic carbocycles. The summed E-state index contributed by atoms with van der Waals surface area (Å²) in [5.41, 5.74) is 2.81. The number of methoxy groups -OCH3 is 1. The van der Waals surface area contributed by atoms with Gasteiger partial charge in [-0.1, -0.05) is 29.4 Å². The normalized spacial score (nSPS) is 14.0. The Bertz CT molecular complexity index is 861. The molecule has 0 amide bonds. The van der Waals surface area contributed by atoms with E-state index in [1.54, 1.807) is 7.11 Å². The Morgan fingerprint density at radius 2 is 1.81 bits per heavy atom. The standard InChI is InChI=1S/C20H21N3O3/c1-24-17-6-8-18(9-7-17)25-14-19-21-20(26-22-19)13-23-11-10-15-4-2-3-5-16(15)12-23/h2-9H,10-14H2,1H3. The lowest BCUT2D eigenvalue weighted by Crippen LogP contribution is -2.30. The largest absolute Gasteiger partial charge is 0.497 e. The third-order valence-corrected chi connectivity index (χ3v) is 4.51. The Labute approximate surface area is 152 Å². The molecule has 0 bridgehead atoms. The highest BCUT2D eigenvalue weighted by molar-refractivity contribution is 5.31. The van der Waals surface area contributed by atoms with E-state index in [0.29, 0.717) is 18.3 Å². The maximum Gasteiger partial charge on any atom is 0.240 e. The molecule has 0 N–H and O–H groups in total. The van der Waals surface area contributed by atoms with E-state index in [1.807, 2.05) is 24.3 Å². The molecular formula is C20H21N3O3. The number of hydrogen-bond acceptors (Lipinski definition) is 6. The molecule has 2 aromatic carbocycles. The number of hydrogen-bond donors (Lipinski definition) is 0. The first kappa shape index (κ1) is 16.6. The first-order chi connectivity index (χ1) is 12.8. The predicted molar refractivity (Wildman–Crippen MR) is 95.9 cm³/mol. The lowest BCUT2D eigenvalue weighted by Gasteiger charge is -2.27. The van der Waals surface area contributed by atoms with Crippen LogP contribution in [0.1, 0.15) is 22.8 Å². The fraction of sp³-hybridized carbons (Fsp3) is 0.300. The van der Waals surface area contributed by atoms with Gasteiger partial charge in [0.25, 0.3) is 0 Å². The van der Waals surface area contributed by atoms with Crippen LogP contribution in [-0.2, 0) is 26.1 Å². The molecule has 1 aromatic heterocycles. The summed E-state index contributed by atoms with van der Waals surface area (Å²) in [6, 6.07) is 16.0. The molecule has 1 aliphatic rings. The Kier molecular flexibility index (Phi) is 4.84. The molecule has 0 atom stereocenters. The smallest absolute Gasteiger partial charge is 0.240 e. The first-order valence-electron chi connectivity index (χ1n) is 8.67. The molecule has 26 heavy (non-hydrogen) atoms. The van der Waals surface area contributed by atoms with E-state index in [-0.39, 0.29) is 6.61 Å². The summed E-state index contributed by atoms with van der Waals surface area (Å²) in [6.45, 7) is 2.84. The third kappa shape index (κ3) is 3.86. The van der Waals surface area contributed by atoms with Crippen LogP contribution in [0, 0.1) is 0 Å². The third-order valence-electron chi connectivity index (χ3n) is 4.51. The van der Waals surface area contributed by atoms with Crippen molar-refractivity contribution in [2.75, 3.05) is 13.7 Å². The van der Waals surface area contributed by atoms with E-state index in [1.165, 1.54) is 11.1 Å². The topological polar surface area (TPSA) is 60.6 Å². The van der Waals surface area contributed by atoms with Crippen molar-refractivity contribution in [2.24, 2.45) is 0 Å². The summed E-state index contributed by atoms with van der Waals surface area (Å²) in [5.74, 6) is 2.71. The molecule has 0 saturated heterocycles. The molecule has 0 radical (unpaired) electrons. The molecular weight excluding hydrogens is 330 g/mol. The molecule has 1 aliphatic heterocycles. The van der Waals surface area contributed by atoms with Gasteiger partial charge in [0.1, 0.15) is 11.5 Å².